The first kappa shape index (κ1) is 9.80. The molecule has 72 valence electrons. The fraction of sp³-hybridized carbons (Fsp3) is 1.00. The maximum atomic E-state index is 12.2. The van der Waals surface area contributed by atoms with Crippen LogP contribution in [0.25, 0.3) is 0 Å². The van der Waals surface area contributed by atoms with Crippen LogP contribution < -0.4 is 5.32 Å². The molecule has 2 nitrogen and oxygen atoms in total. The van der Waals surface area contributed by atoms with E-state index in [1.807, 2.05) is 0 Å². The minimum atomic E-state index is -4.19. The Kier molecular flexibility index (Phi) is 2.95. The minimum absolute atomic E-state index is 0.421. The summed E-state index contributed by atoms with van der Waals surface area (Å²) < 4.78 is 41.5. The highest BCUT2D eigenvalue weighted by molar-refractivity contribution is 4.87. The second kappa shape index (κ2) is 3.62. The Bertz CT molecular complexity index is 148. The van der Waals surface area contributed by atoms with Crippen LogP contribution in [0.4, 0.5) is 13.2 Å². The van der Waals surface area contributed by atoms with Gasteiger partial charge in [-0.3, -0.25) is 0 Å². The number of rotatable bonds is 1. The molecule has 1 aliphatic heterocycles. The first-order valence-corrected chi connectivity index (χ1v) is 3.88. The second-order valence-corrected chi connectivity index (χ2v) is 2.89. The predicted octanol–water partition coefficient (Wildman–Crippen LogP) is 1.32. The highest BCUT2D eigenvalue weighted by atomic mass is 19.4. The molecule has 0 radical (unpaired) electrons. The standard InChI is InChI=1S/C7H12F3NO/c1-12-5-3-2-4-11-6(5)7(8,9)10/h5-6,11H,2-4H2,1H3/t5-,6-/m0/s1. The summed E-state index contributed by atoms with van der Waals surface area (Å²) in [6, 6.07) is -1.49. The molecule has 0 bridgehead atoms. The average molecular weight is 183 g/mol. The second-order valence-electron chi connectivity index (χ2n) is 2.89. The normalized spacial score (nSPS) is 32.0. The molecule has 12 heavy (non-hydrogen) atoms. The van der Waals surface area contributed by atoms with Gasteiger partial charge in [-0.1, -0.05) is 0 Å². The SMILES string of the molecule is CO[C@H]1CCCN[C@@H]1C(F)(F)F. The summed E-state index contributed by atoms with van der Waals surface area (Å²) in [5.41, 5.74) is 0. The highest BCUT2D eigenvalue weighted by Gasteiger charge is 2.45. The molecule has 0 aromatic rings. The van der Waals surface area contributed by atoms with Crippen LogP contribution in [0.1, 0.15) is 12.8 Å². The molecule has 0 aromatic carbocycles. The number of methoxy groups -OCH3 is 1. The smallest absolute Gasteiger partial charge is 0.379 e. The van der Waals surface area contributed by atoms with E-state index in [0.717, 1.165) is 6.42 Å². The maximum absolute atomic E-state index is 12.2. The molecular weight excluding hydrogens is 171 g/mol. The van der Waals surface area contributed by atoms with Crippen LogP contribution in [-0.4, -0.2) is 32.0 Å². The zero-order chi connectivity index (χ0) is 9.19. The predicted molar refractivity (Wildman–Crippen MR) is 37.9 cm³/mol. The number of hydrogen-bond donors (Lipinski definition) is 1. The van der Waals surface area contributed by atoms with Gasteiger partial charge in [0, 0.05) is 7.11 Å². The number of ether oxygens (including phenoxy) is 1. The van der Waals surface area contributed by atoms with E-state index in [2.05, 4.69) is 5.32 Å². The zero-order valence-corrected chi connectivity index (χ0v) is 6.82. The van der Waals surface area contributed by atoms with Crippen molar-refractivity contribution in [3.8, 4) is 0 Å². The van der Waals surface area contributed by atoms with E-state index in [9.17, 15) is 13.2 Å². The molecule has 1 saturated heterocycles. The molecule has 5 heteroatoms. The lowest BCUT2D eigenvalue weighted by atomic mass is 10.0. The van der Waals surface area contributed by atoms with Crippen molar-refractivity contribution in [2.45, 2.75) is 31.2 Å². The molecule has 0 unspecified atom stereocenters. The molecule has 0 aromatic heterocycles. The van der Waals surface area contributed by atoms with Gasteiger partial charge in [0.05, 0.1) is 6.10 Å². The summed E-state index contributed by atoms with van der Waals surface area (Å²) >= 11 is 0. The molecule has 2 atom stereocenters. The van der Waals surface area contributed by atoms with E-state index in [-0.39, 0.29) is 0 Å². The third kappa shape index (κ3) is 2.10. The Hall–Kier alpha value is -0.290. The lowest BCUT2D eigenvalue weighted by Crippen LogP contribution is -2.54. The van der Waals surface area contributed by atoms with Gasteiger partial charge in [-0.15, -0.1) is 0 Å². The molecule has 0 spiro atoms. The molecule has 0 saturated carbocycles. The summed E-state index contributed by atoms with van der Waals surface area (Å²) in [4.78, 5) is 0. The monoisotopic (exact) mass is 183 g/mol. The Labute approximate surface area is 69.1 Å². The first-order valence-electron chi connectivity index (χ1n) is 3.88. The van der Waals surface area contributed by atoms with Crippen molar-refractivity contribution in [3.63, 3.8) is 0 Å². The molecule has 0 aliphatic carbocycles. The van der Waals surface area contributed by atoms with Crippen LogP contribution in [0.5, 0.6) is 0 Å². The number of nitrogens with one attached hydrogen (secondary N) is 1. The topological polar surface area (TPSA) is 21.3 Å². The van der Waals surface area contributed by atoms with Crippen molar-refractivity contribution in [2.24, 2.45) is 0 Å². The average Bonchev–Trinajstić information content (AvgIpc) is 2.03. The highest BCUT2D eigenvalue weighted by Crippen LogP contribution is 2.27. The van der Waals surface area contributed by atoms with Crippen molar-refractivity contribution in [2.75, 3.05) is 13.7 Å². The Morgan fingerprint density at radius 3 is 2.50 bits per heavy atom. The van der Waals surface area contributed by atoms with Crippen LogP contribution in [0.2, 0.25) is 0 Å². The van der Waals surface area contributed by atoms with Crippen molar-refractivity contribution < 1.29 is 17.9 Å². The lowest BCUT2D eigenvalue weighted by molar-refractivity contribution is -0.187. The molecular formula is C7H12F3NO. The zero-order valence-electron chi connectivity index (χ0n) is 6.82. The van der Waals surface area contributed by atoms with Gasteiger partial charge in [-0.25, -0.2) is 0 Å². The molecule has 1 rings (SSSR count). The van der Waals surface area contributed by atoms with Crippen LogP contribution in [0, 0.1) is 0 Å². The van der Waals surface area contributed by atoms with Gasteiger partial charge in [0.2, 0.25) is 0 Å². The third-order valence-electron chi connectivity index (χ3n) is 2.06. The molecule has 1 fully saturated rings. The van der Waals surface area contributed by atoms with Crippen LogP contribution in [0.3, 0.4) is 0 Å². The van der Waals surface area contributed by atoms with Crippen molar-refractivity contribution in [1.82, 2.24) is 5.32 Å². The van der Waals surface area contributed by atoms with E-state index >= 15 is 0 Å². The van der Waals surface area contributed by atoms with E-state index in [0.29, 0.717) is 13.0 Å². The first-order chi connectivity index (χ1) is 5.55. The summed E-state index contributed by atoms with van der Waals surface area (Å²) in [6.45, 7) is 0.421. The van der Waals surface area contributed by atoms with E-state index in [1.165, 1.54) is 7.11 Å². The number of alkyl halides is 3. The van der Waals surface area contributed by atoms with Crippen molar-refractivity contribution in [1.29, 1.82) is 0 Å². The van der Waals surface area contributed by atoms with E-state index < -0.39 is 18.3 Å². The largest absolute Gasteiger partial charge is 0.406 e. The summed E-state index contributed by atoms with van der Waals surface area (Å²) in [5.74, 6) is 0. The maximum Gasteiger partial charge on any atom is 0.406 e. The lowest BCUT2D eigenvalue weighted by Gasteiger charge is -2.32. The fourth-order valence-electron chi connectivity index (χ4n) is 1.44. The molecule has 0 amide bonds. The van der Waals surface area contributed by atoms with Crippen molar-refractivity contribution in [3.05, 3.63) is 0 Å². The summed E-state index contributed by atoms with van der Waals surface area (Å²) in [6.07, 6.45) is -3.70. The van der Waals surface area contributed by atoms with Gasteiger partial charge < -0.3 is 10.1 Å². The van der Waals surface area contributed by atoms with Gasteiger partial charge in [-0.2, -0.15) is 13.2 Å². The van der Waals surface area contributed by atoms with E-state index in [1.54, 1.807) is 0 Å². The van der Waals surface area contributed by atoms with Gasteiger partial charge in [0.15, 0.2) is 0 Å². The van der Waals surface area contributed by atoms with Gasteiger partial charge in [-0.05, 0) is 19.4 Å². The number of hydrogen-bond acceptors (Lipinski definition) is 2. The van der Waals surface area contributed by atoms with Crippen LogP contribution >= 0.6 is 0 Å². The Morgan fingerprint density at radius 2 is 2.08 bits per heavy atom. The van der Waals surface area contributed by atoms with Crippen LogP contribution in [0.15, 0.2) is 0 Å². The molecule has 1 aliphatic rings. The fourth-order valence-corrected chi connectivity index (χ4v) is 1.44. The molecule has 1 N–H and O–H groups in total. The van der Waals surface area contributed by atoms with Gasteiger partial charge in [0.25, 0.3) is 0 Å². The quantitative estimate of drug-likeness (QED) is 0.661. The van der Waals surface area contributed by atoms with E-state index in [4.69, 9.17) is 4.74 Å². The van der Waals surface area contributed by atoms with Crippen LogP contribution in [-0.2, 0) is 4.74 Å². The summed E-state index contributed by atoms with van der Waals surface area (Å²) in [5, 5.41) is 2.41. The Morgan fingerprint density at radius 1 is 1.42 bits per heavy atom. The summed E-state index contributed by atoms with van der Waals surface area (Å²) in [7, 11) is 1.32. The van der Waals surface area contributed by atoms with Crippen molar-refractivity contribution >= 4 is 0 Å². The molecule has 1 heterocycles. The third-order valence-corrected chi connectivity index (χ3v) is 2.06. The minimum Gasteiger partial charge on any atom is -0.379 e. The number of halogens is 3. The Balaban J connectivity index is 2.59. The van der Waals surface area contributed by atoms with Gasteiger partial charge in [0.1, 0.15) is 6.04 Å². The van der Waals surface area contributed by atoms with Gasteiger partial charge >= 0.3 is 6.18 Å². The number of piperidine rings is 1.